The second kappa shape index (κ2) is 4.58. The van der Waals surface area contributed by atoms with E-state index >= 15 is 0 Å². The SMILES string of the molecule is CNc1nc(C)cn1Cc1cccc(Cl)c1. The molecular weight excluding hydrogens is 222 g/mol. The molecule has 0 aliphatic carbocycles. The summed E-state index contributed by atoms with van der Waals surface area (Å²) in [4.78, 5) is 4.37. The Morgan fingerprint density at radius 1 is 1.44 bits per heavy atom. The number of nitrogens with zero attached hydrogens (tertiary/aromatic N) is 2. The molecule has 0 saturated carbocycles. The minimum absolute atomic E-state index is 0.764. The number of benzene rings is 1. The zero-order chi connectivity index (χ0) is 11.5. The van der Waals surface area contributed by atoms with Crippen LogP contribution in [0.5, 0.6) is 0 Å². The Morgan fingerprint density at radius 2 is 2.25 bits per heavy atom. The number of aromatic nitrogens is 2. The van der Waals surface area contributed by atoms with E-state index in [4.69, 9.17) is 11.6 Å². The van der Waals surface area contributed by atoms with E-state index in [2.05, 4.69) is 20.9 Å². The van der Waals surface area contributed by atoms with Crippen molar-refractivity contribution in [2.75, 3.05) is 12.4 Å². The molecule has 0 saturated heterocycles. The lowest BCUT2D eigenvalue weighted by Gasteiger charge is -2.07. The van der Waals surface area contributed by atoms with Crippen LogP contribution in [-0.2, 0) is 6.54 Å². The second-order valence-corrected chi connectivity index (χ2v) is 4.15. The standard InChI is InChI=1S/C12H14ClN3/c1-9-7-16(12(14-2)15-9)8-10-4-3-5-11(13)6-10/h3-7H,8H2,1-2H3,(H,14,15). The topological polar surface area (TPSA) is 29.9 Å². The van der Waals surface area contributed by atoms with Crippen LogP contribution in [0, 0.1) is 6.92 Å². The number of halogens is 1. The number of imidazole rings is 1. The zero-order valence-corrected chi connectivity index (χ0v) is 10.1. The van der Waals surface area contributed by atoms with Gasteiger partial charge in [-0.15, -0.1) is 0 Å². The lowest BCUT2D eigenvalue weighted by atomic mass is 10.2. The van der Waals surface area contributed by atoms with Crippen LogP contribution in [0.25, 0.3) is 0 Å². The highest BCUT2D eigenvalue weighted by Crippen LogP contribution is 2.15. The van der Waals surface area contributed by atoms with Crippen LogP contribution in [0.4, 0.5) is 5.95 Å². The van der Waals surface area contributed by atoms with E-state index < -0.39 is 0 Å². The first-order valence-corrected chi connectivity index (χ1v) is 5.53. The minimum Gasteiger partial charge on any atom is -0.359 e. The van der Waals surface area contributed by atoms with Gasteiger partial charge in [-0.3, -0.25) is 0 Å². The van der Waals surface area contributed by atoms with Crippen LogP contribution in [0.15, 0.2) is 30.5 Å². The quantitative estimate of drug-likeness (QED) is 0.887. The first-order chi connectivity index (χ1) is 7.69. The van der Waals surface area contributed by atoms with Gasteiger partial charge in [-0.25, -0.2) is 4.98 Å². The molecule has 1 heterocycles. The summed E-state index contributed by atoms with van der Waals surface area (Å²) in [6.45, 7) is 2.76. The second-order valence-electron chi connectivity index (χ2n) is 3.71. The molecule has 2 aromatic rings. The molecule has 16 heavy (non-hydrogen) atoms. The maximum Gasteiger partial charge on any atom is 0.203 e. The normalized spacial score (nSPS) is 10.4. The summed E-state index contributed by atoms with van der Waals surface area (Å²) in [5.74, 6) is 0.873. The summed E-state index contributed by atoms with van der Waals surface area (Å²) in [7, 11) is 1.87. The third-order valence-corrected chi connectivity index (χ3v) is 2.60. The van der Waals surface area contributed by atoms with E-state index in [1.807, 2.05) is 38.4 Å². The van der Waals surface area contributed by atoms with E-state index in [0.29, 0.717) is 0 Å². The lowest BCUT2D eigenvalue weighted by Crippen LogP contribution is -2.03. The van der Waals surface area contributed by atoms with Crippen LogP contribution in [0.3, 0.4) is 0 Å². The molecule has 0 atom stereocenters. The Bertz CT molecular complexity index is 491. The Kier molecular flexibility index (Phi) is 3.15. The third-order valence-electron chi connectivity index (χ3n) is 2.36. The molecule has 1 aromatic heterocycles. The number of nitrogens with one attached hydrogen (secondary N) is 1. The average molecular weight is 236 g/mol. The number of aryl methyl sites for hydroxylation is 1. The molecule has 0 radical (unpaired) electrons. The van der Waals surface area contributed by atoms with E-state index in [0.717, 1.165) is 23.2 Å². The third kappa shape index (κ3) is 2.36. The summed E-state index contributed by atoms with van der Waals surface area (Å²) in [5, 5.41) is 3.83. The van der Waals surface area contributed by atoms with Crippen molar-refractivity contribution in [1.29, 1.82) is 0 Å². The monoisotopic (exact) mass is 235 g/mol. The molecule has 0 spiro atoms. The molecule has 0 amide bonds. The van der Waals surface area contributed by atoms with Crippen molar-refractivity contribution in [3.05, 3.63) is 46.7 Å². The number of hydrogen-bond donors (Lipinski definition) is 1. The first-order valence-electron chi connectivity index (χ1n) is 5.15. The fraction of sp³-hybridized carbons (Fsp3) is 0.250. The average Bonchev–Trinajstić information content (AvgIpc) is 2.59. The van der Waals surface area contributed by atoms with Gasteiger partial charge in [0.15, 0.2) is 0 Å². The zero-order valence-electron chi connectivity index (χ0n) is 9.37. The summed E-state index contributed by atoms with van der Waals surface area (Å²) >= 11 is 5.95. The van der Waals surface area contributed by atoms with Gasteiger partial charge in [0.1, 0.15) is 0 Å². The van der Waals surface area contributed by atoms with E-state index in [1.54, 1.807) is 0 Å². The van der Waals surface area contributed by atoms with Crippen molar-refractivity contribution < 1.29 is 0 Å². The Labute approximate surface area is 100 Å². The van der Waals surface area contributed by atoms with Crippen LogP contribution in [0.2, 0.25) is 5.02 Å². The number of anilines is 1. The molecule has 1 N–H and O–H groups in total. The Balaban J connectivity index is 2.26. The molecule has 0 aliphatic rings. The van der Waals surface area contributed by atoms with E-state index in [9.17, 15) is 0 Å². The van der Waals surface area contributed by atoms with Gasteiger partial charge in [0.05, 0.1) is 12.2 Å². The summed E-state index contributed by atoms with van der Waals surface area (Å²) < 4.78 is 2.07. The predicted octanol–water partition coefficient (Wildman–Crippen LogP) is 2.93. The van der Waals surface area contributed by atoms with Gasteiger partial charge >= 0.3 is 0 Å². The van der Waals surface area contributed by atoms with Gasteiger partial charge in [0.2, 0.25) is 5.95 Å². The van der Waals surface area contributed by atoms with Gasteiger partial charge in [-0.05, 0) is 24.6 Å². The van der Waals surface area contributed by atoms with Crippen molar-refractivity contribution in [1.82, 2.24) is 9.55 Å². The molecule has 84 valence electrons. The van der Waals surface area contributed by atoms with Gasteiger partial charge in [-0.2, -0.15) is 0 Å². The summed E-state index contributed by atoms with van der Waals surface area (Å²) in [6, 6.07) is 7.86. The molecule has 0 bridgehead atoms. The fourth-order valence-corrected chi connectivity index (χ4v) is 1.91. The summed E-state index contributed by atoms with van der Waals surface area (Å²) in [6.07, 6.45) is 2.02. The largest absolute Gasteiger partial charge is 0.359 e. The maximum absolute atomic E-state index is 5.95. The Hall–Kier alpha value is -1.48. The number of hydrogen-bond acceptors (Lipinski definition) is 2. The molecule has 2 rings (SSSR count). The molecule has 0 fully saturated rings. The lowest BCUT2D eigenvalue weighted by molar-refractivity contribution is 0.805. The first kappa shape index (κ1) is 11.0. The van der Waals surface area contributed by atoms with Gasteiger partial charge in [0.25, 0.3) is 0 Å². The van der Waals surface area contributed by atoms with Crippen molar-refractivity contribution in [3.63, 3.8) is 0 Å². The molecule has 0 unspecified atom stereocenters. The van der Waals surface area contributed by atoms with Crippen molar-refractivity contribution >= 4 is 17.5 Å². The smallest absolute Gasteiger partial charge is 0.203 e. The Morgan fingerprint density at radius 3 is 2.94 bits per heavy atom. The molecule has 1 aromatic carbocycles. The van der Waals surface area contributed by atoms with Crippen molar-refractivity contribution in [3.8, 4) is 0 Å². The van der Waals surface area contributed by atoms with Crippen LogP contribution >= 0.6 is 11.6 Å². The summed E-state index contributed by atoms with van der Waals surface area (Å²) in [5.41, 5.74) is 2.17. The van der Waals surface area contributed by atoms with E-state index in [1.165, 1.54) is 5.56 Å². The van der Waals surface area contributed by atoms with Crippen LogP contribution in [0.1, 0.15) is 11.3 Å². The molecule has 4 heteroatoms. The fourth-order valence-electron chi connectivity index (χ4n) is 1.70. The molecule has 3 nitrogen and oxygen atoms in total. The van der Waals surface area contributed by atoms with Gasteiger partial charge in [0, 0.05) is 18.3 Å². The number of rotatable bonds is 3. The molecule has 0 aliphatic heterocycles. The van der Waals surface area contributed by atoms with E-state index in [-0.39, 0.29) is 0 Å². The van der Waals surface area contributed by atoms with Gasteiger partial charge in [-0.1, -0.05) is 23.7 Å². The van der Waals surface area contributed by atoms with Gasteiger partial charge < -0.3 is 9.88 Å². The van der Waals surface area contributed by atoms with Crippen molar-refractivity contribution in [2.45, 2.75) is 13.5 Å². The predicted molar refractivity (Wildman–Crippen MR) is 67.1 cm³/mol. The van der Waals surface area contributed by atoms with Crippen molar-refractivity contribution in [2.24, 2.45) is 0 Å². The van der Waals surface area contributed by atoms with Crippen LogP contribution in [-0.4, -0.2) is 16.6 Å². The highest BCUT2D eigenvalue weighted by atomic mass is 35.5. The maximum atomic E-state index is 5.95. The van der Waals surface area contributed by atoms with Crippen LogP contribution < -0.4 is 5.32 Å². The molecular formula is C12H14ClN3. The highest BCUT2D eigenvalue weighted by molar-refractivity contribution is 6.30. The minimum atomic E-state index is 0.764. The highest BCUT2D eigenvalue weighted by Gasteiger charge is 2.04.